The molecule has 0 heterocycles. The highest BCUT2D eigenvalue weighted by Gasteiger charge is 2.39. The third-order valence-electron chi connectivity index (χ3n) is 6.33. The standard InChI is InChI=1S/C19H18P.C13H15N/c1-20(17-11-5-2-6-12-17,18-13-7-3-8-14-18)19-15-9-4-10-16-19;1-13(14)9-7-12(8-10-13)11-5-3-2-4-6-11/h2-16H,1H3;2-9H,10,14H2,1H3/q+1;. The Morgan fingerprint density at radius 2 is 1.00 bits per heavy atom. The summed E-state index contributed by atoms with van der Waals surface area (Å²) in [4.78, 5) is 0. The van der Waals surface area contributed by atoms with Crippen LogP contribution < -0.4 is 21.6 Å². The van der Waals surface area contributed by atoms with Crippen molar-refractivity contribution in [1.82, 2.24) is 0 Å². The molecule has 0 amide bonds. The molecule has 0 aromatic heterocycles. The van der Waals surface area contributed by atoms with Crippen LogP contribution in [0.15, 0.2) is 140 Å². The molecule has 1 unspecified atom stereocenters. The molecule has 34 heavy (non-hydrogen) atoms. The van der Waals surface area contributed by atoms with E-state index in [1.165, 1.54) is 27.1 Å². The van der Waals surface area contributed by atoms with Gasteiger partial charge in [-0.2, -0.15) is 0 Å². The highest BCUT2D eigenvalue weighted by Crippen LogP contribution is 2.51. The SMILES string of the molecule is CC1(N)C=CC(c2ccccc2)=CC1.C[P+](c1ccccc1)(c1ccccc1)c1ccccc1. The third kappa shape index (κ3) is 5.62. The molecule has 1 aliphatic rings. The van der Waals surface area contributed by atoms with Crippen LogP contribution in [0, 0.1) is 0 Å². The molecule has 2 N–H and O–H groups in total. The molecule has 0 aliphatic heterocycles. The number of nitrogens with two attached hydrogens (primary N) is 1. The Labute approximate surface area is 205 Å². The van der Waals surface area contributed by atoms with Gasteiger partial charge < -0.3 is 5.73 Å². The summed E-state index contributed by atoms with van der Waals surface area (Å²) in [6, 6.07) is 43.0. The van der Waals surface area contributed by atoms with Crippen LogP contribution in [0.3, 0.4) is 0 Å². The molecule has 0 fully saturated rings. The molecule has 0 spiro atoms. The lowest BCUT2D eigenvalue weighted by molar-refractivity contribution is 0.591. The summed E-state index contributed by atoms with van der Waals surface area (Å²) in [6.45, 7) is 4.45. The largest absolute Gasteiger partial charge is 0.322 e. The number of rotatable bonds is 4. The van der Waals surface area contributed by atoms with Crippen molar-refractivity contribution >= 4 is 28.7 Å². The molecule has 0 saturated heterocycles. The molecule has 0 radical (unpaired) electrons. The fraction of sp³-hybridized carbons (Fsp3) is 0.125. The van der Waals surface area contributed by atoms with E-state index < -0.39 is 7.26 Å². The molecule has 0 bridgehead atoms. The zero-order chi connectivity index (χ0) is 23.9. The summed E-state index contributed by atoms with van der Waals surface area (Å²) in [6.07, 6.45) is 7.30. The van der Waals surface area contributed by atoms with E-state index in [1.807, 2.05) is 13.0 Å². The highest BCUT2D eigenvalue weighted by molar-refractivity contribution is 7.95. The third-order valence-corrected chi connectivity index (χ3v) is 10.3. The van der Waals surface area contributed by atoms with Crippen LogP contribution >= 0.6 is 7.26 Å². The summed E-state index contributed by atoms with van der Waals surface area (Å²) >= 11 is 0. The van der Waals surface area contributed by atoms with Crippen molar-refractivity contribution < 1.29 is 0 Å². The first-order valence-electron chi connectivity index (χ1n) is 11.8. The maximum Gasteiger partial charge on any atom is 0.109 e. The van der Waals surface area contributed by atoms with Crippen LogP contribution in [0.25, 0.3) is 5.57 Å². The molecular formula is C32H33NP+. The van der Waals surface area contributed by atoms with Gasteiger partial charge >= 0.3 is 0 Å². The Hall–Kier alpha value is -3.25. The first-order chi connectivity index (χ1) is 16.5. The van der Waals surface area contributed by atoms with Crippen LogP contribution in [0.4, 0.5) is 0 Å². The summed E-state index contributed by atoms with van der Waals surface area (Å²) < 4.78 is 0. The molecule has 170 valence electrons. The lowest BCUT2D eigenvalue weighted by atomic mass is 9.89. The van der Waals surface area contributed by atoms with Crippen LogP contribution in [0.1, 0.15) is 18.9 Å². The average Bonchev–Trinajstić information content (AvgIpc) is 2.91. The van der Waals surface area contributed by atoms with E-state index in [0.29, 0.717) is 0 Å². The minimum Gasteiger partial charge on any atom is -0.322 e. The Morgan fingerprint density at radius 3 is 1.35 bits per heavy atom. The molecule has 1 nitrogen and oxygen atoms in total. The second-order valence-electron chi connectivity index (χ2n) is 9.08. The van der Waals surface area contributed by atoms with Crippen LogP contribution in [0.5, 0.6) is 0 Å². The van der Waals surface area contributed by atoms with Crippen molar-refractivity contribution in [2.24, 2.45) is 5.73 Å². The van der Waals surface area contributed by atoms with E-state index in [-0.39, 0.29) is 5.54 Å². The first-order valence-corrected chi connectivity index (χ1v) is 14.0. The maximum absolute atomic E-state index is 5.99. The minimum atomic E-state index is -1.53. The maximum atomic E-state index is 5.99. The van der Waals surface area contributed by atoms with Gasteiger partial charge in [-0.15, -0.1) is 0 Å². The zero-order valence-corrected chi connectivity index (χ0v) is 20.9. The minimum absolute atomic E-state index is 0.168. The number of hydrogen-bond acceptors (Lipinski definition) is 1. The van der Waals surface area contributed by atoms with Gasteiger partial charge in [-0.3, -0.25) is 0 Å². The zero-order valence-electron chi connectivity index (χ0n) is 20.0. The van der Waals surface area contributed by atoms with Gasteiger partial charge in [0.05, 0.1) is 6.66 Å². The Bertz CT molecular complexity index is 1130. The summed E-state index contributed by atoms with van der Waals surface area (Å²) in [5, 5.41) is 4.28. The fourth-order valence-electron chi connectivity index (χ4n) is 4.22. The molecule has 2 heteroatoms. The number of hydrogen-bond donors (Lipinski definition) is 1. The molecule has 0 saturated carbocycles. The summed E-state index contributed by atoms with van der Waals surface area (Å²) in [5.74, 6) is 0. The second kappa shape index (κ2) is 10.8. The quantitative estimate of drug-likeness (QED) is 0.351. The molecule has 4 aromatic carbocycles. The van der Waals surface area contributed by atoms with Crippen LogP contribution in [0.2, 0.25) is 0 Å². The summed E-state index contributed by atoms with van der Waals surface area (Å²) in [5.41, 5.74) is 8.35. The van der Waals surface area contributed by atoms with Gasteiger partial charge in [0.1, 0.15) is 23.2 Å². The van der Waals surface area contributed by atoms with Crippen molar-refractivity contribution in [3.05, 3.63) is 145 Å². The van der Waals surface area contributed by atoms with Crippen molar-refractivity contribution in [3.8, 4) is 0 Å². The predicted molar refractivity (Wildman–Crippen MR) is 152 cm³/mol. The molecule has 1 atom stereocenters. The van der Waals surface area contributed by atoms with Gasteiger partial charge in [0, 0.05) is 5.54 Å². The van der Waals surface area contributed by atoms with Gasteiger partial charge in [-0.1, -0.05) is 103 Å². The van der Waals surface area contributed by atoms with Gasteiger partial charge in [-0.05, 0) is 60.9 Å². The normalized spacial score (nSPS) is 17.3. The molecule has 1 aliphatic carbocycles. The van der Waals surface area contributed by atoms with E-state index in [1.54, 1.807) is 0 Å². The van der Waals surface area contributed by atoms with Gasteiger partial charge in [0.15, 0.2) is 0 Å². The van der Waals surface area contributed by atoms with Crippen molar-refractivity contribution in [1.29, 1.82) is 0 Å². The van der Waals surface area contributed by atoms with E-state index in [2.05, 4.69) is 140 Å². The number of allylic oxidation sites excluding steroid dienone is 2. The Kier molecular flexibility index (Phi) is 7.58. The Morgan fingerprint density at radius 1 is 0.618 bits per heavy atom. The first kappa shape index (κ1) is 23.9. The smallest absolute Gasteiger partial charge is 0.109 e. The van der Waals surface area contributed by atoms with Crippen molar-refractivity contribution in [2.75, 3.05) is 6.66 Å². The van der Waals surface area contributed by atoms with E-state index >= 15 is 0 Å². The highest BCUT2D eigenvalue weighted by atomic mass is 31.2. The van der Waals surface area contributed by atoms with Crippen molar-refractivity contribution in [2.45, 2.75) is 18.9 Å². The number of benzene rings is 4. The molecule has 5 rings (SSSR count). The monoisotopic (exact) mass is 462 g/mol. The van der Waals surface area contributed by atoms with E-state index in [9.17, 15) is 0 Å². The van der Waals surface area contributed by atoms with Gasteiger partial charge in [0.2, 0.25) is 0 Å². The van der Waals surface area contributed by atoms with Gasteiger partial charge in [-0.25, -0.2) is 0 Å². The van der Waals surface area contributed by atoms with Crippen molar-refractivity contribution in [3.63, 3.8) is 0 Å². The van der Waals surface area contributed by atoms with Crippen LogP contribution in [-0.2, 0) is 0 Å². The van der Waals surface area contributed by atoms with Crippen LogP contribution in [-0.4, -0.2) is 12.2 Å². The Balaban J connectivity index is 0.000000172. The van der Waals surface area contributed by atoms with E-state index in [0.717, 1.165) is 6.42 Å². The predicted octanol–water partition coefficient (Wildman–Crippen LogP) is 6.36. The lowest BCUT2D eigenvalue weighted by Gasteiger charge is -2.22. The average molecular weight is 463 g/mol. The molecule has 4 aromatic rings. The fourth-order valence-corrected chi connectivity index (χ4v) is 7.42. The lowest BCUT2D eigenvalue weighted by Crippen LogP contribution is -2.33. The summed E-state index contributed by atoms with van der Waals surface area (Å²) in [7, 11) is -1.53. The molecular weight excluding hydrogens is 429 g/mol. The topological polar surface area (TPSA) is 26.0 Å². The second-order valence-corrected chi connectivity index (χ2v) is 12.6. The van der Waals surface area contributed by atoms with E-state index in [4.69, 9.17) is 5.73 Å². The van der Waals surface area contributed by atoms with Gasteiger partial charge in [0.25, 0.3) is 0 Å².